The largest absolute Gasteiger partial charge is 0.480 e. The van der Waals surface area contributed by atoms with Crippen LogP contribution >= 0.6 is 11.8 Å². The summed E-state index contributed by atoms with van der Waals surface area (Å²) in [6.45, 7) is 4.55. The molecule has 1 saturated heterocycles. The highest BCUT2D eigenvalue weighted by molar-refractivity contribution is 8.00. The number of carbonyl (C=O) groups excluding carboxylic acids is 1. The van der Waals surface area contributed by atoms with Gasteiger partial charge in [-0.15, -0.1) is 11.8 Å². The number of aliphatic hydroxyl groups is 1. The Kier molecular flexibility index (Phi) is 6.44. The Morgan fingerprint density at radius 1 is 1.42 bits per heavy atom. The summed E-state index contributed by atoms with van der Waals surface area (Å²) in [5.74, 6) is -0.548. The van der Waals surface area contributed by atoms with Crippen molar-refractivity contribution in [3.63, 3.8) is 0 Å². The zero-order chi connectivity index (χ0) is 14.4. The molecule has 0 aromatic rings. The number of carbonyl (C=O) groups is 2. The molecule has 2 atom stereocenters. The molecule has 2 amide bonds. The van der Waals surface area contributed by atoms with E-state index in [1.807, 2.05) is 13.8 Å². The van der Waals surface area contributed by atoms with E-state index < -0.39 is 12.0 Å². The van der Waals surface area contributed by atoms with E-state index in [-0.39, 0.29) is 24.6 Å². The van der Waals surface area contributed by atoms with Gasteiger partial charge in [-0.25, -0.2) is 9.59 Å². The van der Waals surface area contributed by atoms with E-state index >= 15 is 0 Å². The van der Waals surface area contributed by atoms with Gasteiger partial charge >= 0.3 is 12.0 Å². The highest BCUT2D eigenvalue weighted by Crippen LogP contribution is 2.29. The lowest BCUT2D eigenvalue weighted by atomic mass is 10.2. The predicted molar refractivity (Wildman–Crippen MR) is 74.1 cm³/mol. The SMILES string of the molecule is CCCCN(CCO)C(=O)N1C(C)SCC1C(=O)O. The molecule has 2 unspecified atom stereocenters. The van der Waals surface area contributed by atoms with Crippen LogP contribution in [-0.2, 0) is 4.79 Å². The van der Waals surface area contributed by atoms with Gasteiger partial charge in [-0.1, -0.05) is 13.3 Å². The van der Waals surface area contributed by atoms with Crippen molar-refractivity contribution in [1.29, 1.82) is 0 Å². The Balaban J connectivity index is 2.77. The molecule has 7 heteroatoms. The summed E-state index contributed by atoms with van der Waals surface area (Å²) in [5.41, 5.74) is 0. The van der Waals surface area contributed by atoms with Crippen LogP contribution in [0.3, 0.4) is 0 Å². The van der Waals surface area contributed by atoms with Gasteiger partial charge in [0, 0.05) is 18.8 Å². The highest BCUT2D eigenvalue weighted by atomic mass is 32.2. The number of thioether (sulfide) groups is 1. The number of hydrogen-bond donors (Lipinski definition) is 2. The monoisotopic (exact) mass is 290 g/mol. The molecule has 0 saturated carbocycles. The Morgan fingerprint density at radius 2 is 2.11 bits per heavy atom. The number of aliphatic carboxylic acids is 1. The first kappa shape index (κ1) is 16.1. The molecule has 1 rings (SSSR count). The third-order valence-corrected chi connectivity index (χ3v) is 4.37. The number of rotatable bonds is 6. The van der Waals surface area contributed by atoms with E-state index in [1.165, 1.54) is 16.7 Å². The molecule has 0 bridgehead atoms. The van der Waals surface area contributed by atoms with Gasteiger partial charge in [-0.05, 0) is 13.3 Å². The van der Waals surface area contributed by atoms with Crippen molar-refractivity contribution in [2.24, 2.45) is 0 Å². The summed E-state index contributed by atoms with van der Waals surface area (Å²) in [5, 5.41) is 18.1. The van der Waals surface area contributed by atoms with E-state index in [4.69, 9.17) is 10.2 Å². The van der Waals surface area contributed by atoms with Gasteiger partial charge in [0.2, 0.25) is 0 Å². The van der Waals surface area contributed by atoms with Crippen LogP contribution < -0.4 is 0 Å². The van der Waals surface area contributed by atoms with Crippen LogP contribution in [0.25, 0.3) is 0 Å². The van der Waals surface area contributed by atoms with Gasteiger partial charge in [0.05, 0.1) is 12.0 Å². The smallest absolute Gasteiger partial charge is 0.327 e. The van der Waals surface area contributed by atoms with Crippen molar-refractivity contribution in [2.45, 2.75) is 38.1 Å². The third-order valence-electron chi connectivity index (χ3n) is 3.15. The van der Waals surface area contributed by atoms with Crippen molar-refractivity contribution in [3.8, 4) is 0 Å². The summed E-state index contributed by atoms with van der Waals surface area (Å²) in [6.07, 6.45) is 1.79. The number of hydrogen-bond acceptors (Lipinski definition) is 4. The second kappa shape index (κ2) is 7.59. The minimum Gasteiger partial charge on any atom is -0.480 e. The van der Waals surface area contributed by atoms with Crippen LogP contribution in [0.1, 0.15) is 26.7 Å². The molecule has 1 fully saturated rings. The maximum Gasteiger partial charge on any atom is 0.327 e. The third kappa shape index (κ3) is 4.01. The fourth-order valence-corrected chi connectivity index (χ4v) is 3.22. The lowest BCUT2D eigenvalue weighted by molar-refractivity contribution is -0.141. The average Bonchev–Trinajstić information content (AvgIpc) is 2.75. The molecule has 0 radical (unpaired) electrons. The molecule has 1 aliphatic heterocycles. The van der Waals surface area contributed by atoms with Crippen LogP contribution in [0.5, 0.6) is 0 Å². The standard InChI is InChI=1S/C12H22N2O4S/c1-3-4-5-13(6-7-15)12(18)14-9(2)19-8-10(14)11(16)17/h9-10,15H,3-8H2,1-2H3,(H,16,17). The van der Waals surface area contributed by atoms with Gasteiger partial charge in [0.1, 0.15) is 6.04 Å². The Morgan fingerprint density at radius 3 is 2.63 bits per heavy atom. The van der Waals surface area contributed by atoms with E-state index in [0.717, 1.165) is 12.8 Å². The second-order valence-electron chi connectivity index (χ2n) is 4.54. The maximum absolute atomic E-state index is 12.4. The molecule has 110 valence electrons. The van der Waals surface area contributed by atoms with Crippen LogP contribution in [0, 0.1) is 0 Å². The quantitative estimate of drug-likeness (QED) is 0.764. The molecular weight excluding hydrogens is 268 g/mol. The minimum absolute atomic E-state index is 0.109. The van der Waals surface area contributed by atoms with Crippen LogP contribution in [0.4, 0.5) is 4.79 Å². The fourth-order valence-electron chi connectivity index (χ4n) is 2.06. The number of unbranched alkanes of at least 4 members (excludes halogenated alkanes) is 1. The summed E-state index contributed by atoms with van der Waals surface area (Å²) in [4.78, 5) is 26.6. The van der Waals surface area contributed by atoms with Crippen LogP contribution in [0.15, 0.2) is 0 Å². The number of carboxylic acids is 1. The summed E-state index contributed by atoms with van der Waals surface area (Å²) in [7, 11) is 0. The summed E-state index contributed by atoms with van der Waals surface area (Å²) < 4.78 is 0. The average molecular weight is 290 g/mol. The van der Waals surface area contributed by atoms with E-state index in [0.29, 0.717) is 12.3 Å². The van der Waals surface area contributed by atoms with Gasteiger partial charge < -0.3 is 15.1 Å². The van der Waals surface area contributed by atoms with Crippen molar-refractivity contribution in [2.75, 3.05) is 25.4 Å². The van der Waals surface area contributed by atoms with E-state index in [9.17, 15) is 9.59 Å². The van der Waals surface area contributed by atoms with E-state index in [2.05, 4.69) is 0 Å². The van der Waals surface area contributed by atoms with Gasteiger partial charge in [-0.2, -0.15) is 0 Å². The number of urea groups is 1. The van der Waals surface area contributed by atoms with Gasteiger partial charge in [0.15, 0.2) is 0 Å². The summed E-state index contributed by atoms with van der Waals surface area (Å²) in [6, 6.07) is -1.05. The fraction of sp³-hybridized carbons (Fsp3) is 0.833. The minimum atomic E-state index is -0.968. The van der Waals surface area contributed by atoms with Crippen LogP contribution in [-0.4, -0.2) is 68.9 Å². The molecule has 0 aromatic carbocycles. The molecule has 2 N–H and O–H groups in total. The number of nitrogens with zero attached hydrogens (tertiary/aromatic N) is 2. The van der Waals surface area contributed by atoms with Crippen molar-refractivity contribution >= 4 is 23.8 Å². The van der Waals surface area contributed by atoms with Crippen LogP contribution in [0.2, 0.25) is 0 Å². The van der Waals surface area contributed by atoms with Crippen molar-refractivity contribution in [3.05, 3.63) is 0 Å². The summed E-state index contributed by atoms with van der Waals surface area (Å²) >= 11 is 1.46. The second-order valence-corrected chi connectivity index (χ2v) is 5.89. The Hall–Kier alpha value is -0.950. The maximum atomic E-state index is 12.4. The predicted octanol–water partition coefficient (Wildman–Crippen LogP) is 1.05. The van der Waals surface area contributed by atoms with Gasteiger partial charge in [-0.3, -0.25) is 4.90 Å². The normalized spacial score (nSPS) is 22.6. The molecule has 0 spiro atoms. The molecular formula is C12H22N2O4S. The first-order valence-electron chi connectivity index (χ1n) is 6.55. The molecule has 1 heterocycles. The lowest BCUT2D eigenvalue weighted by Crippen LogP contribution is -2.51. The zero-order valence-electron chi connectivity index (χ0n) is 11.4. The van der Waals surface area contributed by atoms with Crippen molar-refractivity contribution in [1.82, 2.24) is 9.80 Å². The van der Waals surface area contributed by atoms with Crippen molar-refractivity contribution < 1.29 is 19.8 Å². The molecule has 0 aromatic heterocycles. The molecule has 0 aliphatic carbocycles. The first-order valence-corrected chi connectivity index (χ1v) is 7.60. The lowest BCUT2D eigenvalue weighted by Gasteiger charge is -2.32. The van der Waals surface area contributed by atoms with E-state index in [1.54, 1.807) is 4.90 Å². The molecule has 19 heavy (non-hydrogen) atoms. The van der Waals surface area contributed by atoms with Gasteiger partial charge in [0.25, 0.3) is 0 Å². The molecule has 6 nitrogen and oxygen atoms in total. The number of aliphatic hydroxyl groups excluding tert-OH is 1. The highest BCUT2D eigenvalue weighted by Gasteiger charge is 2.41. The Bertz CT molecular complexity index is 327. The molecule has 1 aliphatic rings. The number of amides is 2. The zero-order valence-corrected chi connectivity index (χ0v) is 12.2. The first-order chi connectivity index (χ1) is 9.02. The number of carboxylic acid groups (broad SMARTS) is 1. The topological polar surface area (TPSA) is 81.1 Å². The Labute approximate surface area is 117 Å².